The van der Waals surface area contributed by atoms with E-state index in [0.717, 1.165) is 35.8 Å². The second-order valence-corrected chi connectivity index (χ2v) is 6.49. The Morgan fingerprint density at radius 3 is 2.60 bits per heavy atom. The number of hydrogen-bond acceptors (Lipinski definition) is 6. The minimum atomic E-state index is -2.92. The van der Waals surface area contributed by atoms with Crippen LogP contribution < -0.4 is 5.73 Å². The first kappa shape index (κ1) is 19.6. The van der Waals surface area contributed by atoms with Gasteiger partial charge in [-0.15, -0.1) is 0 Å². The van der Waals surface area contributed by atoms with Crippen LogP contribution in [-0.4, -0.2) is 33.8 Å². The zero-order valence-electron chi connectivity index (χ0n) is 15.3. The Morgan fingerprint density at radius 2 is 2.00 bits per heavy atom. The minimum absolute atomic E-state index is 0.0338. The van der Waals surface area contributed by atoms with Crippen molar-refractivity contribution in [2.24, 2.45) is 10.7 Å². The highest BCUT2D eigenvalue weighted by Gasteiger charge is 2.51. The largest absolute Gasteiger partial charge is 0.451 e. The van der Waals surface area contributed by atoms with E-state index in [0.29, 0.717) is 0 Å². The number of nitrogens with zero attached hydrogens (tertiary/aromatic N) is 4. The first-order valence-corrected chi connectivity index (χ1v) is 8.53. The zero-order chi connectivity index (χ0) is 21.6. The van der Waals surface area contributed by atoms with Gasteiger partial charge in [0, 0.05) is 12.6 Å². The van der Waals surface area contributed by atoms with Crippen LogP contribution in [0.3, 0.4) is 0 Å². The predicted molar refractivity (Wildman–Crippen MR) is 96.2 cm³/mol. The van der Waals surface area contributed by atoms with Gasteiger partial charge in [0.05, 0.1) is 5.69 Å². The fourth-order valence-electron chi connectivity index (χ4n) is 3.25. The molecule has 0 fully saturated rings. The van der Waals surface area contributed by atoms with Gasteiger partial charge >= 0.3 is 0 Å². The predicted octanol–water partition coefficient (Wildman–Crippen LogP) is 2.98. The molecule has 2 aromatic heterocycles. The lowest BCUT2D eigenvalue weighted by Crippen LogP contribution is -2.41. The molecule has 2 N–H and O–H groups in total. The molecule has 0 saturated heterocycles. The smallest absolute Gasteiger partial charge is 0.280 e. The molecule has 4 rings (SSSR count). The van der Waals surface area contributed by atoms with Crippen molar-refractivity contribution in [2.75, 3.05) is 7.05 Å². The van der Waals surface area contributed by atoms with Gasteiger partial charge in [-0.2, -0.15) is 0 Å². The summed E-state index contributed by atoms with van der Waals surface area (Å²) in [6, 6.07) is 5.52. The molecule has 0 aliphatic carbocycles. The number of carbonyl (C=O) groups excluding carboxylic acids is 1. The Kier molecular flexibility index (Phi) is 4.52. The van der Waals surface area contributed by atoms with Gasteiger partial charge in [-0.25, -0.2) is 32.5 Å². The van der Waals surface area contributed by atoms with Crippen LogP contribution in [0.2, 0.25) is 0 Å². The fourth-order valence-corrected chi connectivity index (χ4v) is 3.25. The Balaban J connectivity index is 2.02. The lowest BCUT2D eigenvalue weighted by Gasteiger charge is -2.26. The van der Waals surface area contributed by atoms with Crippen molar-refractivity contribution in [3.8, 4) is 11.3 Å². The van der Waals surface area contributed by atoms with E-state index in [4.69, 9.17) is 10.2 Å². The van der Waals surface area contributed by atoms with Crippen LogP contribution in [0.15, 0.2) is 52.4 Å². The first-order valence-electron chi connectivity index (χ1n) is 8.53. The summed E-state index contributed by atoms with van der Waals surface area (Å²) in [5.74, 6) is -3.54. The lowest BCUT2D eigenvalue weighted by molar-refractivity contribution is -0.129. The molecule has 7 nitrogen and oxygen atoms in total. The second kappa shape index (κ2) is 6.94. The van der Waals surface area contributed by atoms with Crippen molar-refractivity contribution in [3.63, 3.8) is 0 Å². The molecule has 1 aromatic carbocycles. The van der Waals surface area contributed by atoms with Gasteiger partial charge < -0.3 is 10.2 Å². The molecular formula is C19H13F4N5O2. The monoisotopic (exact) mass is 419 g/mol. The Bertz CT molecular complexity index is 1170. The zero-order valence-corrected chi connectivity index (χ0v) is 15.3. The fraction of sp³-hybridized carbons (Fsp3) is 0.158. The highest BCUT2D eigenvalue weighted by Crippen LogP contribution is 2.41. The quantitative estimate of drug-likeness (QED) is 0.656. The van der Waals surface area contributed by atoms with Crippen molar-refractivity contribution >= 4 is 11.9 Å². The summed E-state index contributed by atoms with van der Waals surface area (Å²) in [7, 11) is 1.32. The van der Waals surface area contributed by atoms with E-state index >= 15 is 0 Å². The molecule has 3 heterocycles. The summed E-state index contributed by atoms with van der Waals surface area (Å²) in [6.07, 6.45) is -0.814. The third-order valence-electron chi connectivity index (χ3n) is 4.76. The summed E-state index contributed by atoms with van der Waals surface area (Å²) in [6.45, 7) is 0. The highest BCUT2D eigenvalue weighted by atomic mass is 19.3. The number of aromatic nitrogens is 2. The van der Waals surface area contributed by atoms with Crippen LogP contribution in [0, 0.1) is 11.6 Å². The number of pyridine rings is 1. The van der Waals surface area contributed by atoms with E-state index in [9.17, 15) is 22.4 Å². The van der Waals surface area contributed by atoms with Crippen LogP contribution in [0.1, 0.15) is 23.4 Å². The van der Waals surface area contributed by atoms with Crippen molar-refractivity contribution in [2.45, 2.75) is 12.0 Å². The van der Waals surface area contributed by atoms with Gasteiger partial charge in [0.15, 0.2) is 24.0 Å². The van der Waals surface area contributed by atoms with E-state index < -0.39 is 35.2 Å². The van der Waals surface area contributed by atoms with Crippen LogP contribution in [0.5, 0.6) is 0 Å². The van der Waals surface area contributed by atoms with Gasteiger partial charge in [0.25, 0.3) is 12.3 Å². The topological polar surface area (TPSA) is 97.6 Å². The Morgan fingerprint density at radius 1 is 1.23 bits per heavy atom. The normalized spacial score (nSPS) is 18.9. The van der Waals surface area contributed by atoms with Crippen LogP contribution >= 0.6 is 0 Å². The molecule has 11 heteroatoms. The number of carbonyl (C=O) groups is 1. The van der Waals surface area contributed by atoms with Crippen molar-refractivity contribution < 1.29 is 26.8 Å². The van der Waals surface area contributed by atoms with Gasteiger partial charge in [-0.3, -0.25) is 9.69 Å². The summed E-state index contributed by atoms with van der Waals surface area (Å²) in [4.78, 5) is 25.9. The van der Waals surface area contributed by atoms with Crippen LogP contribution in [-0.2, 0) is 10.3 Å². The van der Waals surface area contributed by atoms with E-state index in [2.05, 4.69) is 15.0 Å². The molecule has 1 amide bonds. The van der Waals surface area contributed by atoms with Gasteiger partial charge in [0.1, 0.15) is 17.7 Å². The molecule has 30 heavy (non-hydrogen) atoms. The molecule has 1 aliphatic rings. The number of rotatable bonds is 4. The van der Waals surface area contributed by atoms with Gasteiger partial charge in [-0.05, 0) is 29.8 Å². The standard InChI is InChI=1S/C19H13F4N5O2/c1-28-17(29)19(27-18(28)24,14-4-2-3-12(26-14)16(22)23)9-5-10(13-7-30-8-25-13)15(21)11(20)6-9/h2-8,16H,1H3,(H2,24,27). The third kappa shape index (κ3) is 2.81. The summed E-state index contributed by atoms with van der Waals surface area (Å²) < 4.78 is 60.3. The molecule has 0 bridgehead atoms. The number of halogens is 4. The van der Waals surface area contributed by atoms with Crippen molar-refractivity contribution in [1.29, 1.82) is 0 Å². The van der Waals surface area contributed by atoms with E-state index in [1.807, 2.05) is 0 Å². The summed E-state index contributed by atoms with van der Waals surface area (Å²) in [5, 5.41) is 0. The molecular weight excluding hydrogens is 406 g/mol. The maximum Gasteiger partial charge on any atom is 0.280 e. The summed E-state index contributed by atoms with van der Waals surface area (Å²) >= 11 is 0. The number of oxazole rings is 1. The maximum absolute atomic E-state index is 14.5. The third-order valence-corrected chi connectivity index (χ3v) is 4.76. The SMILES string of the molecule is CN1C(=O)C(c2cc(F)c(F)c(-c3cocn3)c2)(c2cccc(C(F)F)n2)N=C1N. The van der Waals surface area contributed by atoms with Gasteiger partial charge in [-0.1, -0.05) is 6.07 Å². The number of alkyl halides is 2. The Hall–Kier alpha value is -3.76. The average Bonchev–Trinajstić information content (AvgIpc) is 3.34. The number of aliphatic imine (C=N–C) groups is 1. The highest BCUT2D eigenvalue weighted by molar-refractivity contribution is 6.08. The second-order valence-electron chi connectivity index (χ2n) is 6.49. The van der Waals surface area contributed by atoms with Gasteiger partial charge in [0.2, 0.25) is 5.54 Å². The van der Waals surface area contributed by atoms with Crippen LogP contribution in [0.4, 0.5) is 17.6 Å². The number of benzene rings is 1. The molecule has 0 spiro atoms. The number of likely N-dealkylation sites (N-methyl/N-ethyl adjacent to an activating group) is 1. The average molecular weight is 419 g/mol. The summed E-state index contributed by atoms with van der Waals surface area (Å²) in [5.41, 5.74) is 2.40. The molecule has 1 unspecified atom stereocenters. The first-order chi connectivity index (χ1) is 14.3. The molecule has 1 atom stereocenters. The minimum Gasteiger partial charge on any atom is -0.451 e. The number of guanidine groups is 1. The van der Waals surface area contributed by atoms with Crippen LogP contribution in [0.25, 0.3) is 11.3 Å². The van der Waals surface area contributed by atoms with E-state index in [1.54, 1.807) is 0 Å². The molecule has 154 valence electrons. The number of amides is 1. The van der Waals surface area contributed by atoms with E-state index in [1.165, 1.54) is 19.2 Å². The molecule has 0 saturated carbocycles. The number of nitrogens with two attached hydrogens (primary N) is 1. The van der Waals surface area contributed by atoms with Crippen molar-refractivity contribution in [3.05, 3.63) is 71.6 Å². The molecule has 0 radical (unpaired) electrons. The lowest BCUT2D eigenvalue weighted by atomic mass is 9.84. The van der Waals surface area contributed by atoms with E-state index in [-0.39, 0.29) is 28.5 Å². The van der Waals surface area contributed by atoms with Crippen molar-refractivity contribution in [1.82, 2.24) is 14.9 Å². The number of hydrogen-bond donors (Lipinski definition) is 1. The Labute approximate surface area is 166 Å². The maximum atomic E-state index is 14.5. The molecule has 3 aromatic rings. The molecule has 1 aliphatic heterocycles.